The Bertz CT molecular complexity index is 1200. The molecule has 2 bridgehead atoms. The van der Waals surface area contributed by atoms with Crippen LogP contribution in [0.15, 0.2) is 30.3 Å². The summed E-state index contributed by atoms with van der Waals surface area (Å²) in [6.45, 7) is 7.11. The number of unbranched alkanes of at least 4 members (excludes halogenated alkanes) is 1. The van der Waals surface area contributed by atoms with E-state index < -0.39 is 46.3 Å². The number of carbonyl (C=O) groups excluding carboxylic acids is 1. The second kappa shape index (κ2) is 14.1. The number of alkyl halides is 3. The Balaban J connectivity index is 0.000000782. The van der Waals surface area contributed by atoms with E-state index in [4.69, 9.17) is 15.6 Å². The standard InChI is InChI=1S/C25H40N4O5S.C2HF3O2/c1-24(2)18-12-13-25(24,3)21(16-18)27-22(30)20(15-17-9-5-4-6-10-17)29-35(33,34)28-19(23(31)32)11-7-8-14-26;3-2(4,5)1(6)7/h4-6,9-10,18-21,28-29H,7-8,11-16,26H2,1-3H3,(H,27,30)(H,31,32);(H,6,7)/t18-,19+,20+,21+,25+;/m1./s1. The SMILES string of the molecule is CC1(C)[C@@H]2CC[C@@]1(C)[C@@H](NC(=O)[C@H](Cc1ccccc1)NS(=O)(=O)N[C@@H](CCCCN)C(=O)O)C2.O=C(O)C(F)(F)F. The zero-order valence-corrected chi connectivity index (χ0v) is 24.7. The predicted octanol–water partition coefficient (Wildman–Crippen LogP) is 2.57. The molecule has 3 rings (SSSR count). The van der Waals surface area contributed by atoms with Crippen LogP contribution in [0.3, 0.4) is 0 Å². The van der Waals surface area contributed by atoms with Crippen molar-refractivity contribution in [2.24, 2.45) is 22.5 Å². The van der Waals surface area contributed by atoms with Crippen molar-refractivity contribution < 1.29 is 46.2 Å². The molecule has 0 radical (unpaired) electrons. The summed E-state index contributed by atoms with van der Waals surface area (Å²) in [5, 5.41) is 19.7. The molecule has 2 fully saturated rings. The van der Waals surface area contributed by atoms with Gasteiger partial charge in [-0.2, -0.15) is 31.0 Å². The molecule has 0 saturated heterocycles. The molecule has 0 spiro atoms. The van der Waals surface area contributed by atoms with Crippen molar-refractivity contribution in [1.29, 1.82) is 0 Å². The summed E-state index contributed by atoms with van der Waals surface area (Å²) in [5.41, 5.74) is 6.30. The molecule has 42 heavy (non-hydrogen) atoms. The lowest BCUT2D eigenvalue weighted by atomic mass is 9.69. The first-order valence-corrected chi connectivity index (χ1v) is 15.2. The quantitative estimate of drug-likeness (QED) is 0.181. The van der Waals surface area contributed by atoms with Crippen molar-refractivity contribution in [1.82, 2.24) is 14.8 Å². The van der Waals surface area contributed by atoms with Gasteiger partial charge in [0.25, 0.3) is 10.2 Å². The zero-order chi connectivity index (χ0) is 31.9. The van der Waals surface area contributed by atoms with Gasteiger partial charge in [-0.25, -0.2) is 4.79 Å². The van der Waals surface area contributed by atoms with Gasteiger partial charge in [0.05, 0.1) is 0 Å². The van der Waals surface area contributed by atoms with Crippen LogP contribution in [0.5, 0.6) is 0 Å². The molecule has 0 unspecified atom stereocenters. The van der Waals surface area contributed by atoms with Crippen LogP contribution in [0.2, 0.25) is 0 Å². The Hall–Kier alpha value is -2.75. The highest BCUT2D eigenvalue weighted by Crippen LogP contribution is 2.65. The van der Waals surface area contributed by atoms with Crippen LogP contribution in [0.1, 0.15) is 64.9 Å². The predicted molar refractivity (Wildman–Crippen MR) is 148 cm³/mol. The number of rotatable bonds is 13. The van der Waals surface area contributed by atoms with Crippen molar-refractivity contribution >= 4 is 28.1 Å². The van der Waals surface area contributed by atoms with E-state index >= 15 is 0 Å². The van der Waals surface area contributed by atoms with Crippen molar-refractivity contribution in [3.8, 4) is 0 Å². The second-order valence-corrected chi connectivity index (χ2v) is 13.1. The van der Waals surface area contributed by atoms with E-state index in [0.29, 0.717) is 25.3 Å². The number of nitrogens with two attached hydrogens (primary N) is 1. The number of nitrogens with one attached hydrogen (secondary N) is 3. The van der Waals surface area contributed by atoms with E-state index in [0.717, 1.165) is 24.8 Å². The lowest BCUT2D eigenvalue weighted by molar-refractivity contribution is -0.192. The molecule has 0 aliphatic heterocycles. The fourth-order valence-electron chi connectivity index (χ4n) is 5.87. The third kappa shape index (κ3) is 9.12. The lowest BCUT2D eigenvalue weighted by Gasteiger charge is -2.40. The number of hydrogen-bond donors (Lipinski definition) is 6. The first-order valence-electron chi connectivity index (χ1n) is 13.7. The van der Waals surface area contributed by atoms with Crippen molar-refractivity contribution in [2.75, 3.05) is 6.54 Å². The molecular formula is C27H41F3N4O7S. The van der Waals surface area contributed by atoms with Gasteiger partial charge in [-0.15, -0.1) is 0 Å². The van der Waals surface area contributed by atoms with Gasteiger partial charge in [0, 0.05) is 6.04 Å². The molecule has 7 N–H and O–H groups in total. The van der Waals surface area contributed by atoms with E-state index in [1.165, 1.54) is 0 Å². The molecule has 2 saturated carbocycles. The minimum Gasteiger partial charge on any atom is -0.480 e. The highest BCUT2D eigenvalue weighted by Gasteiger charge is 2.61. The van der Waals surface area contributed by atoms with Gasteiger partial charge in [0.15, 0.2) is 0 Å². The summed E-state index contributed by atoms with van der Waals surface area (Å²) in [6, 6.07) is 6.74. The molecule has 15 heteroatoms. The van der Waals surface area contributed by atoms with E-state index in [1.807, 2.05) is 30.3 Å². The van der Waals surface area contributed by atoms with Crippen molar-refractivity contribution in [3.05, 3.63) is 35.9 Å². The van der Waals surface area contributed by atoms with Gasteiger partial charge in [0.2, 0.25) is 5.91 Å². The summed E-state index contributed by atoms with van der Waals surface area (Å²) in [4.78, 5) is 34.0. The van der Waals surface area contributed by atoms with Crippen molar-refractivity contribution in [3.63, 3.8) is 0 Å². The van der Waals surface area contributed by atoms with Crippen LogP contribution in [-0.4, -0.2) is 67.3 Å². The van der Waals surface area contributed by atoms with Crippen LogP contribution >= 0.6 is 0 Å². The highest BCUT2D eigenvalue weighted by molar-refractivity contribution is 7.87. The smallest absolute Gasteiger partial charge is 0.480 e. The average molecular weight is 623 g/mol. The van der Waals surface area contributed by atoms with E-state index in [-0.39, 0.29) is 29.7 Å². The number of aliphatic carboxylic acids is 2. The minimum atomic E-state index is -5.08. The summed E-state index contributed by atoms with van der Waals surface area (Å²) in [7, 11) is -4.28. The molecule has 1 aromatic carbocycles. The molecule has 238 valence electrons. The maximum Gasteiger partial charge on any atom is 0.490 e. The Morgan fingerprint density at radius 3 is 2.07 bits per heavy atom. The number of fused-ring (bicyclic) bond motifs is 2. The number of amides is 1. The third-order valence-electron chi connectivity index (χ3n) is 8.79. The molecule has 11 nitrogen and oxygen atoms in total. The molecule has 2 aliphatic carbocycles. The number of carboxylic acids is 2. The van der Waals surface area contributed by atoms with E-state index in [1.54, 1.807) is 0 Å². The number of halogens is 3. The zero-order valence-electron chi connectivity index (χ0n) is 23.9. The largest absolute Gasteiger partial charge is 0.490 e. The van der Waals surface area contributed by atoms with Gasteiger partial charge >= 0.3 is 18.1 Å². The first kappa shape index (κ1) is 35.4. The number of benzene rings is 1. The van der Waals surface area contributed by atoms with E-state index in [9.17, 15) is 36.3 Å². The van der Waals surface area contributed by atoms with Gasteiger partial charge in [-0.1, -0.05) is 57.5 Å². The minimum absolute atomic E-state index is 0.0393. The number of hydrogen-bond acceptors (Lipinski definition) is 6. The van der Waals surface area contributed by atoms with Crippen LogP contribution < -0.4 is 20.5 Å². The second-order valence-electron chi connectivity index (χ2n) is 11.6. The molecule has 2 aliphatic rings. The van der Waals surface area contributed by atoms with Crippen LogP contribution in [0.25, 0.3) is 0 Å². The summed E-state index contributed by atoms with van der Waals surface area (Å²) in [6.07, 6.45) is -0.721. The third-order valence-corrected chi connectivity index (χ3v) is 9.98. The summed E-state index contributed by atoms with van der Waals surface area (Å²) < 4.78 is 62.2. The van der Waals surface area contributed by atoms with Crippen LogP contribution in [-0.2, 0) is 31.0 Å². The molecule has 0 heterocycles. The Kier molecular flexibility index (Phi) is 11.9. The molecule has 1 aromatic rings. The summed E-state index contributed by atoms with van der Waals surface area (Å²) in [5.74, 6) is -3.90. The Morgan fingerprint density at radius 2 is 1.62 bits per heavy atom. The summed E-state index contributed by atoms with van der Waals surface area (Å²) >= 11 is 0. The first-order chi connectivity index (χ1) is 19.3. The van der Waals surface area contributed by atoms with Crippen molar-refractivity contribution in [2.45, 2.75) is 90.0 Å². The Morgan fingerprint density at radius 1 is 1.05 bits per heavy atom. The van der Waals surface area contributed by atoms with Crippen LogP contribution in [0.4, 0.5) is 13.2 Å². The normalized spacial score (nSPS) is 24.3. The van der Waals surface area contributed by atoms with E-state index in [2.05, 4.69) is 35.5 Å². The lowest BCUT2D eigenvalue weighted by Crippen LogP contribution is -2.57. The molecule has 0 aromatic heterocycles. The highest BCUT2D eigenvalue weighted by atomic mass is 32.2. The van der Waals surface area contributed by atoms with Gasteiger partial charge in [-0.05, 0) is 67.4 Å². The molecule has 1 amide bonds. The van der Waals surface area contributed by atoms with Gasteiger partial charge < -0.3 is 21.3 Å². The maximum absolute atomic E-state index is 13.4. The fourth-order valence-corrected chi connectivity index (χ4v) is 7.09. The fraction of sp³-hybridized carbons (Fsp3) is 0.667. The Labute approximate surface area is 244 Å². The number of carboxylic acid groups (broad SMARTS) is 2. The molecule has 5 atom stereocenters. The van der Waals surface area contributed by atoms with Gasteiger partial charge in [0.1, 0.15) is 12.1 Å². The van der Waals surface area contributed by atoms with Gasteiger partial charge in [-0.3, -0.25) is 9.59 Å². The monoisotopic (exact) mass is 622 g/mol. The molecular weight excluding hydrogens is 581 g/mol. The number of carbonyl (C=O) groups is 3. The average Bonchev–Trinajstić information content (AvgIpc) is 3.21. The van der Waals surface area contributed by atoms with Crippen LogP contribution in [0, 0.1) is 16.7 Å². The maximum atomic E-state index is 13.4. The topological polar surface area (TPSA) is 188 Å².